The molecule has 1 aromatic heterocycles. The molecule has 2 aromatic rings. The van der Waals surface area contributed by atoms with E-state index < -0.39 is 0 Å². The summed E-state index contributed by atoms with van der Waals surface area (Å²) in [4.78, 5) is 12.0. The second kappa shape index (κ2) is 7.02. The molecule has 1 aromatic carbocycles. The van der Waals surface area contributed by atoms with Crippen LogP contribution in [0.2, 0.25) is 0 Å². The summed E-state index contributed by atoms with van der Waals surface area (Å²) >= 11 is 0. The molecule has 2 rings (SSSR count). The van der Waals surface area contributed by atoms with Gasteiger partial charge in [0.2, 0.25) is 11.8 Å². The molecule has 0 spiro atoms. The zero-order valence-corrected chi connectivity index (χ0v) is 13.4. The molecule has 1 heterocycles. The first-order chi connectivity index (χ1) is 10.5. The number of aryl methyl sites for hydroxylation is 1. The minimum Gasteiger partial charge on any atom is -0.480 e. The van der Waals surface area contributed by atoms with Crippen LogP contribution in [0.5, 0.6) is 5.88 Å². The average molecular weight is 299 g/mol. The van der Waals surface area contributed by atoms with Gasteiger partial charge < -0.3 is 10.1 Å². The summed E-state index contributed by atoms with van der Waals surface area (Å²) < 4.78 is 5.01. The Morgan fingerprint density at radius 2 is 2.00 bits per heavy atom. The first-order valence-electron chi connectivity index (χ1n) is 7.28. The summed E-state index contributed by atoms with van der Waals surface area (Å²) in [6.07, 6.45) is 0.506. The number of hydrogen-bond donors (Lipinski definition) is 1. The van der Waals surface area contributed by atoms with Gasteiger partial charge in [0.25, 0.3) is 0 Å². The third-order valence-electron chi connectivity index (χ3n) is 3.25. The first-order valence-corrected chi connectivity index (χ1v) is 7.28. The van der Waals surface area contributed by atoms with E-state index >= 15 is 0 Å². The number of ether oxygens (including phenoxy) is 1. The molecule has 0 fully saturated rings. The van der Waals surface area contributed by atoms with Crippen LogP contribution in [0.3, 0.4) is 0 Å². The molecule has 0 radical (unpaired) electrons. The van der Waals surface area contributed by atoms with Crippen LogP contribution in [0.15, 0.2) is 30.3 Å². The fraction of sp³-hybridized carbons (Fsp3) is 0.353. The lowest BCUT2D eigenvalue weighted by Crippen LogP contribution is -2.14. The van der Waals surface area contributed by atoms with Crippen molar-refractivity contribution in [1.82, 2.24) is 10.2 Å². The van der Waals surface area contributed by atoms with Crippen LogP contribution in [-0.2, 0) is 4.79 Å². The number of methoxy groups -OCH3 is 1. The van der Waals surface area contributed by atoms with E-state index in [0.717, 1.165) is 22.5 Å². The van der Waals surface area contributed by atoms with E-state index in [9.17, 15) is 4.79 Å². The van der Waals surface area contributed by atoms with Gasteiger partial charge in [-0.05, 0) is 30.5 Å². The van der Waals surface area contributed by atoms with Crippen molar-refractivity contribution in [1.29, 1.82) is 0 Å². The Hall–Kier alpha value is -2.43. The molecule has 0 aliphatic heterocycles. The molecule has 22 heavy (non-hydrogen) atoms. The summed E-state index contributed by atoms with van der Waals surface area (Å²) in [5, 5.41) is 11.1. The number of rotatable bonds is 5. The standard InChI is InChI=1S/C17H21N3O2/c1-11(2)9-16(21)18-15-10-13(6-5-12(15)3)14-7-8-17(22-4)20-19-14/h5-8,10-11H,9H2,1-4H3,(H,18,21). The predicted octanol–water partition coefficient (Wildman–Crippen LogP) is 3.45. The number of carbonyl (C=O) groups excluding carboxylic acids is 1. The minimum atomic E-state index is 0.0241. The monoisotopic (exact) mass is 299 g/mol. The maximum atomic E-state index is 12.0. The average Bonchev–Trinajstić information content (AvgIpc) is 2.49. The van der Waals surface area contributed by atoms with Crippen molar-refractivity contribution < 1.29 is 9.53 Å². The lowest BCUT2D eigenvalue weighted by atomic mass is 10.1. The van der Waals surface area contributed by atoms with Gasteiger partial charge in [-0.1, -0.05) is 26.0 Å². The van der Waals surface area contributed by atoms with E-state index in [1.54, 1.807) is 13.2 Å². The van der Waals surface area contributed by atoms with Crippen molar-refractivity contribution in [2.24, 2.45) is 5.92 Å². The van der Waals surface area contributed by atoms with Gasteiger partial charge in [0.05, 0.1) is 12.8 Å². The van der Waals surface area contributed by atoms with Crippen LogP contribution in [0, 0.1) is 12.8 Å². The minimum absolute atomic E-state index is 0.0241. The highest BCUT2D eigenvalue weighted by Crippen LogP contribution is 2.24. The first kappa shape index (κ1) is 15.9. The number of carbonyl (C=O) groups is 1. The zero-order chi connectivity index (χ0) is 16.1. The summed E-state index contributed by atoms with van der Waals surface area (Å²) in [7, 11) is 1.55. The smallest absolute Gasteiger partial charge is 0.233 e. The Balaban J connectivity index is 2.23. The number of anilines is 1. The van der Waals surface area contributed by atoms with Crippen molar-refractivity contribution >= 4 is 11.6 Å². The van der Waals surface area contributed by atoms with E-state index in [1.165, 1.54) is 0 Å². The Morgan fingerprint density at radius 1 is 1.23 bits per heavy atom. The highest BCUT2D eigenvalue weighted by atomic mass is 16.5. The molecule has 0 bridgehead atoms. The fourth-order valence-electron chi connectivity index (χ4n) is 2.07. The van der Waals surface area contributed by atoms with Gasteiger partial charge in [0.15, 0.2) is 0 Å². The lowest BCUT2D eigenvalue weighted by Gasteiger charge is -2.11. The van der Waals surface area contributed by atoms with Crippen LogP contribution in [0.4, 0.5) is 5.69 Å². The maximum absolute atomic E-state index is 12.0. The number of nitrogens with one attached hydrogen (secondary N) is 1. The van der Waals surface area contributed by atoms with Gasteiger partial charge >= 0.3 is 0 Å². The Bertz CT molecular complexity index is 651. The fourth-order valence-corrected chi connectivity index (χ4v) is 2.07. The second-order valence-electron chi connectivity index (χ2n) is 5.64. The van der Waals surface area contributed by atoms with Gasteiger partial charge in [-0.2, -0.15) is 0 Å². The van der Waals surface area contributed by atoms with E-state index in [-0.39, 0.29) is 5.91 Å². The molecular formula is C17H21N3O2. The molecule has 116 valence electrons. The molecule has 5 heteroatoms. The molecular weight excluding hydrogens is 278 g/mol. The van der Waals surface area contributed by atoms with Gasteiger partial charge in [-0.15, -0.1) is 10.2 Å². The summed E-state index contributed by atoms with van der Waals surface area (Å²) in [5.41, 5.74) is 3.46. The van der Waals surface area contributed by atoms with Crippen LogP contribution < -0.4 is 10.1 Å². The lowest BCUT2D eigenvalue weighted by molar-refractivity contribution is -0.116. The van der Waals surface area contributed by atoms with Crippen molar-refractivity contribution in [3.63, 3.8) is 0 Å². The van der Waals surface area contributed by atoms with Gasteiger partial charge in [-0.3, -0.25) is 4.79 Å². The number of amides is 1. The van der Waals surface area contributed by atoms with Crippen LogP contribution >= 0.6 is 0 Å². The number of nitrogens with zero attached hydrogens (tertiary/aromatic N) is 2. The van der Waals surface area contributed by atoms with Gasteiger partial charge in [0, 0.05) is 23.7 Å². The SMILES string of the molecule is COc1ccc(-c2ccc(C)c(NC(=O)CC(C)C)c2)nn1. The van der Waals surface area contributed by atoms with E-state index in [0.29, 0.717) is 18.2 Å². The predicted molar refractivity (Wildman–Crippen MR) is 86.8 cm³/mol. The third-order valence-corrected chi connectivity index (χ3v) is 3.25. The Labute approximate surface area is 130 Å². The molecule has 0 aliphatic rings. The molecule has 0 unspecified atom stereocenters. The Kier molecular flexibility index (Phi) is 5.09. The molecule has 0 saturated heterocycles. The topological polar surface area (TPSA) is 64.1 Å². The summed E-state index contributed by atoms with van der Waals surface area (Å²) in [6.45, 7) is 6.01. The van der Waals surface area contributed by atoms with Crippen LogP contribution in [-0.4, -0.2) is 23.2 Å². The van der Waals surface area contributed by atoms with E-state index in [2.05, 4.69) is 15.5 Å². The zero-order valence-electron chi connectivity index (χ0n) is 13.4. The molecule has 1 amide bonds. The largest absolute Gasteiger partial charge is 0.480 e. The van der Waals surface area contributed by atoms with Crippen molar-refractivity contribution in [3.8, 4) is 17.1 Å². The normalized spacial score (nSPS) is 10.6. The van der Waals surface area contributed by atoms with E-state index in [1.807, 2.05) is 45.0 Å². The van der Waals surface area contributed by atoms with Gasteiger partial charge in [0.1, 0.15) is 0 Å². The van der Waals surface area contributed by atoms with Crippen LogP contribution in [0.25, 0.3) is 11.3 Å². The molecule has 1 N–H and O–H groups in total. The summed E-state index contributed by atoms with van der Waals surface area (Å²) in [6, 6.07) is 9.45. The molecule has 5 nitrogen and oxygen atoms in total. The van der Waals surface area contributed by atoms with Crippen molar-refractivity contribution in [3.05, 3.63) is 35.9 Å². The van der Waals surface area contributed by atoms with Crippen molar-refractivity contribution in [2.75, 3.05) is 12.4 Å². The quantitative estimate of drug-likeness (QED) is 0.918. The third kappa shape index (κ3) is 4.04. The number of aromatic nitrogens is 2. The molecule has 0 atom stereocenters. The Morgan fingerprint density at radius 3 is 2.59 bits per heavy atom. The van der Waals surface area contributed by atoms with E-state index in [4.69, 9.17) is 4.74 Å². The highest BCUT2D eigenvalue weighted by Gasteiger charge is 2.09. The molecule has 0 aliphatic carbocycles. The molecule has 0 saturated carbocycles. The summed E-state index contributed by atoms with van der Waals surface area (Å²) in [5.74, 6) is 0.827. The van der Waals surface area contributed by atoms with Gasteiger partial charge in [-0.25, -0.2) is 0 Å². The number of hydrogen-bond acceptors (Lipinski definition) is 4. The highest BCUT2D eigenvalue weighted by molar-refractivity contribution is 5.92. The van der Waals surface area contributed by atoms with Crippen molar-refractivity contribution in [2.45, 2.75) is 27.2 Å². The maximum Gasteiger partial charge on any atom is 0.233 e. The number of benzene rings is 1. The second-order valence-corrected chi connectivity index (χ2v) is 5.64. The van der Waals surface area contributed by atoms with Crippen LogP contribution in [0.1, 0.15) is 25.8 Å².